The summed E-state index contributed by atoms with van der Waals surface area (Å²) in [6.07, 6.45) is 2.30. The van der Waals surface area contributed by atoms with E-state index in [1.807, 2.05) is 12.1 Å². The third-order valence-corrected chi connectivity index (χ3v) is 2.98. The monoisotopic (exact) mass is 209 g/mol. The van der Waals surface area contributed by atoms with Crippen molar-refractivity contribution in [2.24, 2.45) is 5.73 Å². The molecule has 2 N–H and O–H groups in total. The second-order valence-electron chi connectivity index (χ2n) is 3.81. The molecule has 0 aromatic heterocycles. The molecule has 14 heavy (non-hydrogen) atoms. The highest BCUT2D eigenvalue weighted by atomic mass is 32.1. The first-order valence-electron chi connectivity index (χ1n) is 5.20. The zero-order valence-electron chi connectivity index (χ0n) is 8.90. The molecular formula is C12H19NS. The standard InChI is InChI=1S/C12H19NS/c1-3-6-10(9(2)13)11-7-4-5-8-12(11)14/h4-5,7-10,14H,3,6,13H2,1-2H3. The zero-order chi connectivity index (χ0) is 10.6. The Labute approximate surface area is 92.1 Å². The fourth-order valence-corrected chi connectivity index (χ4v) is 2.14. The van der Waals surface area contributed by atoms with Crippen LogP contribution in [0.25, 0.3) is 0 Å². The van der Waals surface area contributed by atoms with Gasteiger partial charge in [-0.05, 0) is 30.9 Å². The van der Waals surface area contributed by atoms with Gasteiger partial charge in [-0.1, -0.05) is 31.5 Å². The molecule has 0 bridgehead atoms. The third kappa shape index (κ3) is 2.76. The Balaban J connectivity index is 2.93. The molecule has 0 radical (unpaired) electrons. The fraction of sp³-hybridized carbons (Fsp3) is 0.500. The minimum Gasteiger partial charge on any atom is -0.327 e. The van der Waals surface area contributed by atoms with Crippen molar-refractivity contribution >= 4 is 12.6 Å². The van der Waals surface area contributed by atoms with Gasteiger partial charge >= 0.3 is 0 Å². The minimum absolute atomic E-state index is 0.197. The molecular weight excluding hydrogens is 190 g/mol. The van der Waals surface area contributed by atoms with Gasteiger partial charge in [-0.2, -0.15) is 0 Å². The van der Waals surface area contributed by atoms with Crippen LogP contribution in [-0.2, 0) is 0 Å². The molecule has 0 aliphatic rings. The predicted molar refractivity (Wildman–Crippen MR) is 65.0 cm³/mol. The van der Waals surface area contributed by atoms with Crippen LogP contribution in [0.2, 0.25) is 0 Å². The van der Waals surface area contributed by atoms with Crippen LogP contribution in [0.5, 0.6) is 0 Å². The molecule has 1 rings (SSSR count). The van der Waals surface area contributed by atoms with Crippen molar-refractivity contribution in [2.75, 3.05) is 0 Å². The van der Waals surface area contributed by atoms with Crippen LogP contribution in [-0.4, -0.2) is 6.04 Å². The lowest BCUT2D eigenvalue weighted by atomic mass is 9.89. The van der Waals surface area contributed by atoms with E-state index in [0.717, 1.165) is 17.7 Å². The maximum atomic E-state index is 5.99. The number of hydrogen-bond donors (Lipinski definition) is 2. The summed E-state index contributed by atoms with van der Waals surface area (Å²) in [6, 6.07) is 8.43. The van der Waals surface area contributed by atoms with Gasteiger partial charge in [-0.3, -0.25) is 0 Å². The first-order chi connectivity index (χ1) is 6.66. The van der Waals surface area contributed by atoms with Crippen molar-refractivity contribution in [1.82, 2.24) is 0 Å². The topological polar surface area (TPSA) is 26.0 Å². The maximum Gasteiger partial charge on any atom is 0.00797 e. The predicted octanol–water partition coefficient (Wildman–Crippen LogP) is 3.21. The summed E-state index contributed by atoms with van der Waals surface area (Å²) in [5.41, 5.74) is 7.27. The van der Waals surface area contributed by atoms with Crippen molar-refractivity contribution < 1.29 is 0 Å². The zero-order valence-corrected chi connectivity index (χ0v) is 9.80. The van der Waals surface area contributed by atoms with E-state index in [1.54, 1.807) is 0 Å². The molecule has 0 saturated carbocycles. The number of hydrogen-bond acceptors (Lipinski definition) is 2. The minimum atomic E-state index is 0.197. The smallest absolute Gasteiger partial charge is 0.00797 e. The molecule has 0 aliphatic carbocycles. The molecule has 2 atom stereocenters. The highest BCUT2D eigenvalue weighted by Gasteiger charge is 2.16. The van der Waals surface area contributed by atoms with Crippen LogP contribution in [0.15, 0.2) is 29.2 Å². The molecule has 1 aromatic rings. The molecule has 0 fully saturated rings. The third-order valence-electron chi connectivity index (χ3n) is 2.57. The summed E-state index contributed by atoms with van der Waals surface area (Å²) in [4.78, 5) is 1.06. The number of nitrogens with two attached hydrogens (primary N) is 1. The van der Waals surface area contributed by atoms with E-state index in [0.29, 0.717) is 5.92 Å². The van der Waals surface area contributed by atoms with Crippen LogP contribution in [0.4, 0.5) is 0 Å². The molecule has 0 amide bonds. The maximum absolute atomic E-state index is 5.99. The van der Waals surface area contributed by atoms with Gasteiger partial charge in [0.25, 0.3) is 0 Å². The molecule has 2 unspecified atom stereocenters. The van der Waals surface area contributed by atoms with Gasteiger partial charge in [0.2, 0.25) is 0 Å². The summed E-state index contributed by atoms with van der Waals surface area (Å²) in [6.45, 7) is 4.26. The van der Waals surface area contributed by atoms with Crippen molar-refractivity contribution in [2.45, 2.75) is 43.5 Å². The normalized spacial score (nSPS) is 15.1. The van der Waals surface area contributed by atoms with Gasteiger partial charge < -0.3 is 5.73 Å². The summed E-state index contributed by atoms with van der Waals surface area (Å²) in [7, 11) is 0. The highest BCUT2D eigenvalue weighted by Crippen LogP contribution is 2.28. The molecule has 0 aliphatic heterocycles. The summed E-state index contributed by atoms with van der Waals surface area (Å²) >= 11 is 4.47. The Morgan fingerprint density at radius 1 is 1.36 bits per heavy atom. The highest BCUT2D eigenvalue weighted by molar-refractivity contribution is 7.80. The van der Waals surface area contributed by atoms with Crippen molar-refractivity contribution in [3.63, 3.8) is 0 Å². The number of thiol groups is 1. The summed E-state index contributed by atoms with van der Waals surface area (Å²) < 4.78 is 0. The fourth-order valence-electron chi connectivity index (χ4n) is 1.81. The lowest BCUT2D eigenvalue weighted by Gasteiger charge is -2.22. The molecule has 78 valence electrons. The quantitative estimate of drug-likeness (QED) is 0.732. The SMILES string of the molecule is CCCC(c1ccccc1S)C(C)N. The molecule has 2 heteroatoms. The second kappa shape index (κ2) is 5.42. The summed E-state index contributed by atoms with van der Waals surface area (Å²) in [5, 5.41) is 0. The van der Waals surface area contributed by atoms with Crippen LogP contribution < -0.4 is 5.73 Å². The van der Waals surface area contributed by atoms with Gasteiger partial charge in [0.1, 0.15) is 0 Å². The lowest BCUT2D eigenvalue weighted by Crippen LogP contribution is -2.25. The first-order valence-corrected chi connectivity index (χ1v) is 5.65. The Morgan fingerprint density at radius 2 is 2.00 bits per heavy atom. The largest absolute Gasteiger partial charge is 0.327 e. The van der Waals surface area contributed by atoms with Crippen LogP contribution in [0.3, 0.4) is 0 Å². The average molecular weight is 209 g/mol. The van der Waals surface area contributed by atoms with E-state index in [2.05, 4.69) is 38.6 Å². The Kier molecular flexibility index (Phi) is 4.49. The Bertz CT molecular complexity index is 283. The van der Waals surface area contributed by atoms with Crippen molar-refractivity contribution in [3.05, 3.63) is 29.8 Å². The van der Waals surface area contributed by atoms with Crippen LogP contribution in [0.1, 0.15) is 38.2 Å². The summed E-state index contributed by atoms with van der Waals surface area (Å²) in [5.74, 6) is 0.439. The van der Waals surface area contributed by atoms with Gasteiger partial charge in [0, 0.05) is 10.9 Å². The molecule has 1 nitrogen and oxygen atoms in total. The average Bonchev–Trinajstić information content (AvgIpc) is 2.15. The Hall–Kier alpha value is -0.470. The molecule has 0 spiro atoms. The molecule has 0 heterocycles. The van der Waals surface area contributed by atoms with Crippen molar-refractivity contribution in [1.29, 1.82) is 0 Å². The van der Waals surface area contributed by atoms with Gasteiger partial charge in [0.05, 0.1) is 0 Å². The Morgan fingerprint density at radius 3 is 2.50 bits per heavy atom. The number of rotatable bonds is 4. The van der Waals surface area contributed by atoms with E-state index in [1.165, 1.54) is 5.56 Å². The van der Waals surface area contributed by atoms with E-state index < -0.39 is 0 Å². The van der Waals surface area contributed by atoms with E-state index >= 15 is 0 Å². The second-order valence-corrected chi connectivity index (χ2v) is 4.29. The molecule has 1 aromatic carbocycles. The first kappa shape index (κ1) is 11.6. The van der Waals surface area contributed by atoms with E-state index in [4.69, 9.17) is 5.73 Å². The van der Waals surface area contributed by atoms with Crippen LogP contribution >= 0.6 is 12.6 Å². The number of benzene rings is 1. The molecule has 0 saturated heterocycles. The van der Waals surface area contributed by atoms with Crippen molar-refractivity contribution in [3.8, 4) is 0 Å². The van der Waals surface area contributed by atoms with Crippen LogP contribution in [0, 0.1) is 0 Å². The lowest BCUT2D eigenvalue weighted by molar-refractivity contribution is 0.517. The van der Waals surface area contributed by atoms with Gasteiger partial charge in [0.15, 0.2) is 0 Å². The van der Waals surface area contributed by atoms with E-state index in [-0.39, 0.29) is 6.04 Å². The van der Waals surface area contributed by atoms with Gasteiger partial charge in [-0.25, -0.2) is 0 Å². The van der Waals surface area contributed by atoms with Gasteiger partial charge in [-0.15, -0.1) is 12.6 Å². The van der Waals surface area contributed by atoms with E-state index in [9.17, 15) is 0 Å².